The lowest BCUT2D eigenvalue weighted by molar-refractivity contribution is 0.00578. The number of hydrogen-bond donors (Lipinski definition) is 0. The number of nitrogens with zero attached hydrogens (tertiary/aromatic N) is 2. The van der Waals surface area contributed by atoms with Crippen LogP contribution in [0.15, 0.2) is 132 Å². The van der Waals surface area contributed by atoms with Gasteiger partial charge in [-0.25, -0.2) is 9.97 Å². The second-order valence-corrected chi connectivity index (χ2v) is 12.9. The van der Waals surface area contributed by atoms with E-state index in [1.165, 1.54) is 0 Å². The van der Waals surface area contributed by atoms with Crippen molar-refractivity contribution in [2.24, 2.45) is 0 Å². The van der Waals surface area contributed by atoms with Gasteiger partial charge in [-0.15, -0.1) is 0 Å². The molecule has 6 heteroatoms. The molecule has 0 atom stereocenters. The summed E-state index contributed by atoms with van der Waals surface area (Å²) in [6, 6.07) is 43.3. The second kappa shape index (κ2) is 10.8. The number of aromatic nitrogens is 2. The molecular formula is C40H33BN2O3. The van der Waals surface area contributed by atoms with Crippen LogP contribution in [0.3, 0.4) is 0 Å². The first kappa shape index (κ1) is 28.4. The molecule has 0 unspecified atom stereocenters. The molecule has 2 aromatic heterocycles. The Morgan fingerprint density at radius 3 is 1.74 bits per heavy atom. The first-order valence-electron chi connectivity index (χ1n) is 15.7. The lowest BCUT2D eigenvalue weighted by Crippen LogP contribution is -2.41. The molecule has 1 aliphatic heterocycles. The van der Waals surface area contributed by atoms with Crippen LogP contribution >= 0.6 is 0 Å². The van der Waals surface area contributed by atoms with Crippen molar-refractivity contribution in [1.82, 2.24) is 9.97 Å². The minimum atomic E-state index is -0.500. The zero-order valence-electron chi connectivity index (χ0n) is 26.3. The number of fused-ring (bicyclic) bond motifs is 3. The maximum Gasteiger partial charge on any atom is 0.495 e. The van der Waals surface area contributed by atoms with Gasteiger partial charge in [-0.1, -0.05) is 115 Å². The van der Waals surface area contributed by atoms with Crippen LogP contribution in [-0.4, -0.2) is 28.3 Å². The van der Waals surface area contributed by atoms with Crippen molar-refractivity contribution < 1.29 is 13.7 Å². The molecule has 0 amide bonds. The van der Waals surface area contributed by atoms with Gasteiger partial charge in [-0.2, -0.15) is 0 Å². The predicted molar refractivity (Wildman–Crippen MR) is 187 cm³/mol. The standard InChI is InChI=1S/C40H33BN2O3/c1-39(2)40(3,4)46-41(45-39)32-24-23-30(37-36(32)31-17-11-12-18-35(31)44-37)26-19-21-28(22-20-26)34-25-33(27-13-7-5-8-14-27)42-38(43-34)29-15-9-6-10-16-29/h5-25H,1-4H3. The molecule has 8 rings (SSSR count). The molecule has 0 spiro atoms. The van der Waals surface area contributed by atoms with Crippen molar-refractivity contribution >= 4 is 34.5 Å². The summed E-state index contributed by atoms with van der Waals surface area (Å²) < 4.78 is 19.5. The monoisotopic (exact) mass is 600 g/mol. The highest BCUT2D eigenvalue weighted by Crippen LogP contribution is 2.40. The first-order valence-corrected chi connectivity index (χ1v) is 15.7. The average molecular weight is 601 g/mol. The number of para-hydroxylation sites is 1. The largest absolute Gasteiger partial charge is 0.495 e. The maximum atomic E-state index is 6.55. The first-order chi connectivity index (χ1) is 22.3. The third-order valence-electron chi connectivity index (χ3n) is 9.38. The Morgan fingerprint density at radius 2 is 1.09 bits per heavy atom. The Kier molecular flexibility index (Phi) is 6.68. The van der Waals surface area contributed by atoms with Crippen LogP contribution in [0.1, 0.15) is 27.7 Å². The summed E-state index contributed by atoms with van der Waals surface area (Å²) in [5.41, 5.74) is 8.59. The maximum absolute atomic E-state index is 6.55. The Hall–Kier alpha value is -5.04. The summed E-state index contributed by atoms with van der Waals surface area (Å²) in [5.74, 6) is 0.698. The Labute approximate surface area is 269 Å². The molecule has 5 aromatic carbocycles. The van der Waals surface area contributed by atoms with Crippen LogP contribution in [0.25, 0.3) is 67.0 Å². The van der Waals surface area contributed by atoms with E-state index in [1.54, 1.807) is 0 Å². The molecule has 0 aliphatic carbocycles. The van der Waals surface area contributed by atoms with Crippen LogP contribution in [0.5, 0.6) is 0 Å². The van der Waals surface area contributed by atoms with Crippen LogP contribution in [0.4, 0.5) is 0 Å². The SMILES string of the molecule is CC1(C)OB(c2ccc(-c3ccc(-c4cc(-c5ccccc5)nc(-c5ccccc5)n4)cc3)c3oc4ccccc4c23)OC1(C)C. The van der Waals surface area contributed by atoms with Crippen molar-refractivity contribution in [3.8, 4) is 45.0 Å². The van der Waals surface area contributed by atoms with E-state index in [4.69, 9.17) is 23.7 Å². The van der Waals surface area contributed by atoms with Crippen LogP contribution in [-0.2, 0) is 9.31 Å². The van der Waals surface area contributed by atoms with Gasteiger partial charge in [0.15, 0.2) is 5.82 Å². The molecule has 1 saturated heterocycles. The van der Waals surface area contributed by atoms with Gasteiger partial charge in [-0.3, -0.25) is 0 Å². The second-order valence-electron chi connectivity index (χ2n) is 12.9. The summed E-state index contributed by atoms with van der Waals surface area (Å²) in [5, 5.41) is 2.06. The van der Waals surface area contributed by atoms with Crippen LogP contribution in [0, 0.1) is 0 Å². The Bertz CT molecular complexity index is 2130. The van der Waals surface area contributed by atoms with Crippen molar-refractivity contribution in [3.63, 3.8) is 0 Å². The number of furan rings is 1. The topological polar surface area (TPSA) is 57.4 Å². The van der Waals surface area contributed by atoms with Gasteiger partial charge in [-0.05, 0) is 50.9 Å². The van der Waals surface area contributed by atoms with E-state index in [0.29, 0.717) is 5.82 Å². The van der Waals surface area contributed by atoms with Crippen molar-refractivity contribution in [1.29, 1.82) is 0 Å². The average Bonchev–Trinajstić information content (AvgIpc) is 3.58. The molecule has 1 aliphatic rings. The fourth-order valence-corrected chi connectivity index (χ4v) is 6.14. The highest BCUT2D eigenvalue weighted by Gasteiger charge is 2.52. The van der Waals surface area contributed by atoms with E-state index in [9.17, 15) is 0 Å². The molecule has 1 fully saturated rings. The van der Waals surface area contributed by atoms with Gasteiger partial charge in [0, 0.05) is 33.0 Å². The molecule has 5 nitrogen and oxygen atoms in total. The van der Waals surface area contributed by atoms with Gasteiger partial charge in [0.25, 0.3) is 0 Å². The Morgan fingerprint density at radius 1 is 0.543 bits per heavy atom. The van der Waals surface area contributed by atoms with E-state index in [-0.39, 0.29) is 0 Å². The smallest absolute Gasteiger partial charge is 0.455 e. The molecule has 3 heterocycles. The van der Waals surface area contributed by atoms with Gasteiger partial charge >= 0.3 is 7.12 Å². The highest BCUT2D eigenvalue weighted by atomic mass is 16.7. The van der Waals surface area contributed by atoms with E-state index >= 15 is 0 Å². The van der Waals surface area contributed by atoms with E-state index < -0.39 is 18.3 Å². The molecule has 224 valence electrons. The highest BCUT2D eigenvalue weighted by molar-refractivity contribution is 6.66. The van der Waals surface area contributed by atoms with Crippen LogP contribution < -0.4 is 5.46 Å². The Balaban J connectivity index is 1.22. The van der Waals surface area contributed by atoms with Gasteiger partial charge in [0.2, 0.25) is 0 Å². The lowest BCUT2D eigenvalue weighted by Gasteiger charge is -2.32. The minimum absolute atomic E-state index is 0.445. The number of benzene rings is 5. The van der Waals surface area contributed by atoms with E-state index in [1.807, 2.05) is 66.7 Å². The van der Waals surface area contributed by atoms with Crippen molar-refractivity contribution in [2.45, 2.75) is 38.9 Å². The molecule has 46 heavy (non-hydrogen) atoms. The summed E-state index contributed by atoms with van der Waals surface area (Å²) in [6.45, 7) is 8.32. The zero-order chi connectivity index (χ0) is 31.5. The normalized spacial score (nSPS) is 15.5. The molecular weight excluding hydrogens is 567 g/mol. The summed E-state index contributed by atoms with van der Waals surface area (Å²) in [7, 11) is -0.500. The zero-order valence-corrected chi connectivity index (χ0v) is 26.3. The summed E-state index contributed by atoms with van der Waals surface area (Å²) in [4.78, 5) is 9.94. The summed E-state index contributed by atoms with van der Waals surface area (Å²) >= 11 is 0. The van der Waals surface area contributed by atoms with Crippen molar-refractivity contribution in [3.05, 3.63) is 127 Å². The van der Waals surface area contributed by atoms with Gasteiger partial charge in [0.05, 0.1) is 22.6 Å². The third-order valence-corrected chi connectivity index (χ3v) is 9.38. The quantitative estimate of drug-likeness (QED) is 0.184. The summed E-state index contributed by atoms with van der Waals surface area (Å²) in [6.07, 6.45) is 0. The lowest BCUT2D eigenvalue weighted by atomic mass is 9.75. The molecule has 0 radical (unpaired) electrons. The number of rotatable bonds is 5. The third kappa shape index (κ3) is 4.82. The van der Waals surface area contributed by atoms with Crippen molar-refractivity contribution in [2.75, 3.05) is 0 Å². The number of hydrogen-bond acceptors (Lipinski definition) is 5. The minimum Gasteiger partial charge on any atom is -0.455 e. The van der Waals surface area contributed by atoms with Gasteiger partial charge in [0.1, 0.15) is 11.2 Å². The molecule has 0 bridgehead atoms. The van der Waals surface area contributed by atoms with Crippen LogP contribution in [0.2, 0.25) is 0 Å². The molecule has 0 N–H and O–H groups in total. The predicted octanol–water partition coefficient (Wildman–Crippen LogP) is 9.34. The fourth-order valence-electron chi connectivity index (χ4n) is 6.14. The van der Waals surface area contributed by atoms with E-state index in [0.717, 1.165) is 66.6 Å². The van der Waals surface area contributed by atoms with E-state index in [2.05, 4.69) is 88.4 Å². The fraction of sp³-hybridized carbons (Fsp3) is 0.150. The molecule has 0 saturated carbocycles. The molecule has 7 aromatic rings. The van der Waals surface area contributed by atoms with Gasteiger partial charge < -0.3 is 13.7 Å².